The molecule has 11 heteroatoms. The maximum Gasteiger partial charge on any atom is 0.277 e. The smallest absolute Gasteiger partial charge is 0.277 e. The molecule has 0 unspecified atom stereocenters. The van der Waals surface area contributed by atoms with Crippen molar-refractivity contribution in [3.05, 3.63) is 48.6 Å². The molecule has 34 heavy (non-hydrogen) atoms. The van der Waals surface area contributed by atoms with Crippen LogP contribution in [0.15, 0.2) is 47.3 Å². The summed E-state index contributed by atoms with van der Waals surface area (Å²) >= 11 is 0. The molecule has 0 aliphatic carbocycles. The van der Waals surface area contributed by atoms with Gasteiger partial charge in [-0.3, -0.25) is 9.48 Å². The van der Waals surface area contributed by atoms with E-state index in [1.165, 1.54) is 6.26 Å². The molecule has 0 bridgehead atoms. The number of rotatable bonds is 5. The zero-order valence-electron chi connectivity index (χ0n) is 18.9. The summed E-state index contributed by atoms with van der Waals surface area (Å²) in [5.74, 6) is 0.652. The summed E-state index contributed by atoms with van der Waals surface area (Å²) in [7, 11) is 3.67. The van der Waals surface area contributed by atoms with E-state index in [1.807, 2.05) is 19.2 Å². The fraction of sp³-hybridized carbons (Fsp3) is 0.304. The number of hydrogen-bond donors (Lipinski definition) is 3. The van der Waals surface area contributed by atoms with E-state index in [0.29, 0.717) is 43.3 Å². The fourth-order valence-electron chi connectivity index (χ4n) is 4.05. The number of oxazole rings is 1. The van der Waals surface area contributed by atoms with Gasteiger partial charge in [0.25, 0.3) is 5.91 Å². The first kappa shape index (κ1) is 23.5. The van der Waals surface area contributed by atoms with Gasteiger partial charge in [-0.25, -0.2) is 9.97 Å². The largest absolute Gasteiger partial charge is 0.444 e. The number of anilines is 3. The Balaban J connectivity index is 0.00000274. The van der Waals surface area contributed by atoms with Gasteiger partial charge in [0.15, 0.2) is 5.69 Å². The van der Waals surface area contributed by atoms with Crippen LogP contribution in [-0.4, -0.2) is 57.0 Å². The second-order valence-electron chi connectivity index (χ2n) is 8.09. The zero-order chi connectivity index (χ0) is 22.9. The van der Waals surface area contributed by atoms with Crippen molar-refractivity contribution in [3.63, 3.8) is 0 Å². The van der Waals surface area contributed by atoms with Crippen molar-refractivity contribution in [3.8, 4) is 11.5 Å². The number of aliphatic hydroxyl groups is 1. The van der Waals surface area contributed by atoms with Gasteiger partial charge in [0.1, 0.15) is 12.1 Å². The molecule has 3 aromatic heterocycles. The molecule has 178 valence electrons. The highest BCUT2D eigenvalue weighted by Crippen LogP contribution is 2.33. The first-order valence-electron chi connectivity index (χ1n) is 10.8. The first-order valence-corrected chi connectivity index (χ1v) is 10.8. The third-order valence-corrected chi connectivity index (χ3v) is 5.92. The summed E-state index contributed by atoms with van der Waals surface area (Å²) in [5.41, 5.74) is 3.43. The third kappa shape index (κ3) is 4.55. The van der Waals surface area contributed by atoms with Crippen molar-refractivity contribution in [2.24, 2.45) is 7.05 Å². The Morgan fingerprint density at radius 2 is 2.03 bits per heavy atom. The van der Waals surface area contributed by atoms with Crippen molar-refractivity contribution in [2.45, 2.75) is 18.9 Å². The predicted molar refractivity (Wildman–Crippen MR) is 133 cm³/mol. The number of pyridine rings is 1. The highest BCUT2D eigenvalue weighted by atomic mass is 35.5. The number of aryl methyl sites for hydroxylation is 1. The van der Waals surface area contributed by atoms with Crippen LogP contribution < -0.4 is 15.5 Å². The molecular formula is C23H26ClN7O3. The molecule has 3 N–H and O–H groups in total. The Bertz CT molecular complexity index is 1310. The highest BCUT2D eigenvalue weighted by Gasteiger charge is 2.23. The molecule has 1 amide bonds. The fourth-order valence-corrected chi connectivity index (χ4v) is 4.05. The minimum absolute atomic E-state index is 0. The van der Waals surface area contributed by atoms with Crippen LogP contribution in [-0.2, 0) is 7.05 Å². The summed E-state index contributed by atoms with van der Waals surface area (Å²) in [5, 5.41) is 21.1. The number of hydrogen-bond acceptors (Lipinski definition) is 8. The van der Waals surface area contributed by atoms with Crippen molar-refractivity contribution in [2.75, 3.05) is 35.7 Å². The SMILES string of the molecule is CNc1cc(-c2nc(C(=O)Nc3cc4cnn(C)c4cc3N3CCC(O)CC3)co2)ccn1.Cl. The first-order chi connectivity index (χ1) is 16.0. The minimum atomic E-state index is -0.366. The van der Waals surface area contributed by atoms with Gasteiger partial charge >= 0.3 is 0 Å². The van der Waals surface area contributed by atoms with E-state index in [0.717, 1.165) is 22.2 Å². The van der Waals surface area contributed by atoms with Gasteiger partial charge in [0.05, 0.1) is 29.2 Å². The van der Waals surface area contributed by atoms with Crippen molar-refractivity contribution < 1.29 is 14.3 Å². The Labute approximate surface area is 202 Å². The zero-order valence-corrected chi connectivity index (χ0v) is 19.7. The van der Waals surface area contributed by atoms with Crippen LogP contribution in [0.2, 0.25) is 0 Å². The second kappa shape index (κ2) is 9.70. The average molecular weight is 484 g/mol. The highest BCUT2D eigenvalue weighted by molar-refractivity contribution is 6.06. The number of aromatic nitrogens is 4. The van der Waals surface area contributed by atoms with Gasteiger partial charge in [0.2, 0.25) is 5.89 Å². The number of carbonyl (C=O) groups is 1. The Morgan fingerprint density at radius 1 is 1.24 bits per heavy atom. The number of halogens is 1. The molecule has 1 saturated heterocycles. The molecule has 0 spiro atoms. The number of fused-ring (bicyclic) bond motifs is 1. The van der Waals surface area contributed by atoms with E-state index in [1.54, 1.807) is 36.3 Å². The molecule has 4 heterocycles. The monoisotopic (exact) mass is 483 g/mol. The van der Waals surface area contributed by atoms with E-state index >= 15 is 0 Å². The van der Waals surface area contributed by atoms with Gasteiger partial charge in [-0.2, -0.15) is 5.10 Å². The molecule has 0 saturated carbocycles. The lowest BCUT2D eigenvalue weighted by Gasteiger charge is -2.33. The number of carbonyl (C=O) groups excluding carboxylic acids is 1. The lowest BCUT2D eigenvalue weighted by atomic mass is 10.1. The lowest BCUT2D eigenvalue weighted by Crippen LogP contribution is -2.36. The van der Waals surface area contributed by atoms with Gasteiger partial charge in [-0.05, 0) is 37.1 Å². The molecule has 10 nitrogen and oxygen atoms in total. The number of benzene rings is 1. The van der Waals surface area contributed by atoms with Crippen LogP contribution >= 0.6 is 12.4 Å². The van der Waals surface area contributed by atoms with E-state index in [4.69, 9.17) is 4.42 Å². The molecular weight excluding hydrogens is 458 g/mol. The molecule has 1 fully saturated rings. The lowest BCUT2D eigenvalue weighted by molar-refractivity contribution is 0.102. The van der Waals surface area contributed by atoms with E-state index in [2.05, 4.69) is 30.6 Å². The Hall–Kier alpha value is -3.63. The molecule has 5 rings (SSSR count). The number of amides is 1. The van der Waals surface area contributed by atoms with Crippen molar-refractivity contribution >= 4 is 46.4 Å². The standard InChI is InChI=1S/C23H25N7O3.ClH/c1-24-21-10-14(3-6-25-21)23-28-18(13-33-23)22(32)27-17-9-15-12-26-29(2)19(15)11-20(17)30-7-4-16(31)5-8-30;/h3,6,9-13,16,31H,4-5,7-8H2,1-2H3,(H,24,25)(H,27,32);1H. The number of piperidine rings is 1. The number of aliphatic hydroxyl groups excluding tert-OH is 1. The maximum atomic E-state index is 13.1. The summed E-state index contributed by atoms with van der Waals surface area (Å²) in [4.78, 5) is 23.8. The minimum Gasteiger partial charge on any atom is -0.444 e. The quantitative estimate of drug-likeness (QED) is 0.395. The van der Waals surface area contributed by atoms with Gasteiger partial charge in [-0.15, -0.1) is 12.4 Å². The summed E-state index contributed by atoms with van der Waals surface area (Å²) in [6.07, 6.45) is 5.85. The van der Waals surface area contributed by atoms with Gasteiger partial charge in [0, 0.05) is 44.3 Å². The summed E-state index contributed by atoms with van der Waals surface area (Å²) in [6, 6.07) is 7.52. The van der Waals surface area contributed by atoms with Crippen LogP contribution in [0.4, 0.5) is 17.2 Å². The molecule has 0 radical (unpaired) electrons. The van der Waals surface area contributed by atoms with E-state index in [9.17, 15) is 9.90 Å². The van der Waals surface area contributed by atoms with Crippen molar-refractivity contribution in [1.82, 2.24) is 19.7 Å². The third-order valence-electron chi connectivity index (χ3n) is 5.92. The van der Waals surface area contributed by atoms with Crippen molar-refractivity contribution in [1.29, 1.82) is 0 Å². The molecule has 1 aliphatic rings. The Morgan fingerprint density at radius 3 is 2.79 bits per heavy atom. The molecule has 0 atom stereocenters. The molecule has 4 aromatic rings. The average Bonchev–Trinajstić information content (AvgIpc) is 3.47. The number of nitrogens with one attached hydrogen (secondary N) is 2. The summed E-state index contributed by atoms with van der Waals surface area (Å²) in [6.45, 7) is 1.41. The topological polar surface area (TPSA) is 121 Å². The summed E-state index contributed by atoms with van der Waals surface area (Å²) < 4.78 is 7.37. The molecule has 1 aliphatic heterocycles. The van der Waals surface area contributed by atoms with Crippen LogP contribution in [0.25, 0.3) is 22.4 Å². The second-order valence-corrected chi connectivity index (χ2v) is 8.09. The van der Waals surface area contributed by atoms with Crippen LogP contribution in [0.1, 0.15) is 23.3 Å². The van der Waals surface area contributed by atoms with Crippen LogP contribution in [0.5, 0.6) is 0 Å². The van der Waals surface area contributed by atoms with Crippen LogP contribution in [0.3, 0.4) is 0 Å². The Kier molecular flexibility index (Phi) is 6.71. The molecule has 1 aromatic carbocycles. The van der Waals surface area contributed by atoms with Crippen LogP contribution in [0, 0.1) is 0 Å². The van der Waals surface area contributed by atoms with E-state index < -0.39 is 0 Å². The van der Waals surface area contributed by atoms with Gasteiger partial charge < -0.3 is 25.1 Å². The van der Waals surface area contributed by atoms with Gasteiger partial charge in [-0.1, -0.05) is 0 Å². The predicted octanol–water partition coefficient (Wildman–Crippen LogP) is 3.30. The maximum absolute atomic E-state index is 13.1. The number of nitrogens with zero attached hydrogens (tertiary/aromatic N) is 5. The van der Waals surface area contributed by atoms with E-state index in [-0.39, 0.29) is 30.1 Å². The normalized spacial score (nSPS) is 14.1.